The first-order valence-corrected chi connectivity index (χ1v) is 7.08. The number of halogens is 1. The minimum atomic E-state index is -1.47. The van der Waals surface area contributed by atoms with Crippen LogP contribution in [-0.4, -0.2) is 39.9 Å². The molecule has 2 aromatic rings. The van der Waals surface area contributed by atoms with Crippen LogP contribution in [0, 0.1) is 0 Å². The summed E-state index contributed by atoms with van der Waals surface area (Å²) in [5.41, 5.74) is 11.1. The standard InChI is InChI=1S/C14H16ClN5O3/c15-10-6-19-12(20-14(16)17)9-5-7(1-2-8(9)10)13(23)18-4-3-11(21)22/h1-2,5-6,11,21-22H,3-4H2,(H,18,23)(H4,16,17,19,20). The molecule has 2 rings (SSSR count). The zero-order chi connectivity index (χ0) is 17.0. The molecule has 1 aromatic carbocycles. The SMILES string of the molecule is NC(N)=Nc1ncc(Cl)c2ccc(C(=O)NCCC(O)O)cc12. The first-order valence-electron chi connectivity index (χ1n) is 6.70. The Balaban J connectivity index is 2.36. The minimum Gasteiger partial charge on any atom is -0.370 e. The van der Waals surface area contributed by atoms with E-state index in [0.717, 1.165) is 0 Å². The fourth-order valence-corrected chi connectivity index (χ4v) is 2.18. The van der Waals surface area contributed by atoms with E-state index in [1.807, 2.05) is 0 Å². The number of fused-ring (bicyclic) bond motifs is 1. The zero-order valence-corrected chi connectivity index (χ0v) is 12.8. The lowest BCUT2D eigenvalue weighted by molar-refractivity contribution is -0.0440. The van der Waals surface area contributed by atoms with Gasteiger partial charge in [-0.25, -0.2) is 4.98 Å². The van der Waals surface area contributed by atoms with Gasteiger partial charge in [-0.15, -0.1) is 0 Å². The molecule has 1 heterocycles. The van der Waals surface area contributed by atoms with Crippen molar-refractivity contribution in [3.63, 3.8) is 0 Å². The van der Waals surface area contributed by atoms with Gasteiger partial charge in [-0.05, 0) is 12.1 Å². The van der Waals surface area contributed by atoms with Crippen molar-refractivity contribution >= 4 is 40.1 Å². The Labute approximate surface area is 136 Å². The molecule has 7 N–H and O–H groups in total. The average Bonchev–Trinajstić information content (AvgIpc) is 2.49. The van der Waals surface area contributed by atoms with Crippen molar-refractivity contribution in [2.24, 2.45) is 16.5 Å². The number of nitrogens with zero attached hydrogens (tertiary/aromatic N) is 2. The van der Waals surface area contributed by atoms with Crippen LogP contribution in [0.5, 0.6) is 0 Å². The molecule has 8 nitrogen and oxygen atoms in total. The molecule has 0 aliphatic heterocycles. The molecular weight excluding hydrogens is 322 g/mol. The fourth-order valence-electron chi connectivity index (χ4n) is 1.96. The smallest absolute Gasteiger partial charge is 0.251 e. The van der Waals surface area contributed by atoms with E-state index in [0.29, 0.717) is 21.4 Å². The molecular formula is C14H16ClN5O3. The molecule has 0 unspecified atom stereocenters. The molecule has 0 atom stereocenters. The highest BCUT2D eigenvalue weighted by Crippen LogP contribution is 2.30. The van der Waals surface area contributed by atoms with Crippen molar-refractivity contribution in [3.8, 4) is 0 Å². The molecule has 1 aromatic heterocycles. The zero-order valence-electron chi connectivity index (χ0n) is 12.0. The van der Waals surface area contributed by atoms with Crippen molar-refractivity contribution in [1.29, 1.82) is 0 Å². The van der Waals surface area contributed by atoms with E-state index < -0.39 is 6.29 Å². The van der Waals surface area contributed by atoms with Gasteiger partial charge in [0.05, 0.1) is 5.02 Å². The summed E-state index contributed by atoms with van der Waals surface area (Å²) < 4.78 is 0. The van der Waals surface area contributed by atoms with Crippen LogP contribution in [0.2, 0.25) is 5.02 Å². The Kier molecular flexibility index (Phi) is 5.32. The summed E-state index contributed by atoms with van der Waals surface area (Å²) in [5, 5.41) is 21.7. The monoisotopic (exact) mass is 337 g/mol. The topological polar surface area (TPSA) is 147 Å². The lowest BCUT2D eigenvalue weighted by atomic mass is 10.1. The predicted molar refractivity (Wildman–Crippen MR) is 87.4 cm³/mol. The lowest BCUT2D eigenvalue weighted by Crippen LogP contribution is -2.27. The lowest BCUT2D eigenvalue weighted by Gasteiger charge is -2.09. The molecule has 0 aliphatic carbocycles. The number of aromatic nitrogens is 1. The van der Waals surface area contributed by atoms with Gasteiger partial charge >= 0.3 is 0 Å². The normalized spacial score (nSPS) is 10.8. The van der Waals surface area contributed by atoms with Gasteiger partial charge in [-0.2, -0.15) is 4.99 Å². The van der Waals surface area contributed by atoms with Crippen molar-refractivity contribution in [3.05, 3.63) is 35.0 Å². The van der Waals surface area contributed by atoms with Gasteiger partial charge in [0.15, 0.2) is 18.1 Å². The summed E-state index contributed by atoms with van der Waals surface area (Å²) in [4.78, 5) is 20.0. The van der Waals surface area contributed by atoms with Crippen molar-refractivity contribution in [2.75, 3.05) is 6.54 Å². The van der Waals surface area contributed by atoms with Crippen LogP contribution in [0.4, 0.5) is 5.82 Å². The molecule has 0 fully saturated rings. The minimum absolute atomic E-state index is 0.0337. The number of hydrogen-bond donors (Lipinski definition) is 5. The van der Waals surface area contributed by atoms with E-state index in [9.17, 15) is 4.79 Å². The third-order valence-corrected chi connectivity index (χ3v) is 3.30. The van der Waals surface area contributed by atoms with Crippen LogP contribution >= 0.6 is 11.6 Å². The third-order valence-electron chi connectivity index (χ3n) is 3.00. The number of aliphatic hydroxyl groups is 2. The summed E-state index contributed by atoms with van der Waals surface area (Å²) in [6, 6.07) is 4.83. The Bertz CT molecular complexity index is 759. The Morgan fingerprint density at radius 1 is 1.35 bits per heavy atom. The van der Waals surface area contributed by atoms with Crippen LogP contribution in [-0.2, 0) is 0 Å². The second-order valence-corrected chi connectivity index (χ2v) is 5.16. The third kappa shape index (κ3) is 4.28. The first kappa shape index (κ1) is 16.9. The van der Waals surface area contributed by atoms with Crippen LogP contribution in [0.3, 0.4) is 0 Å². The van der Waals surface area contributed by atoms with E-state index in [1.54, 1.807) is 18.2 Å². The van der Waals surface area contributed by atoms with Gasteiger partial charge in [-0.1, -0.05) is 17.7 Å². The highest BCUT2D eigenvalue weighted by atomic mass is 35.5. The average molecular weight is 338 g/mol. The quantitative estimate of drug-likeness (QED) is 0.299. The Morgan fingerprint density at radius 2 is 2.09 bits per heavy atom. The Hall–Kier alpha value is -2.42. The Morgan fingerprint density at radius 3 is 2.74 bits per heavy atom. The number of aliphatic imine (C=N–C) groups is 1. The number of carbonyl (C=O) groups is 1. The number of hydrogen-bond acceptors (Lipinski definition) is 5. The highest BCUT2D eigenvalue weighted by Gasteiger charge is 2.11. The van der Waals surface area contributed by atoms with E-state index in [-0.39, 0.29) is 30.7 Å². The summed E-state index contributed by atoms with van der Waals surface area (Å²) in [5.74, 6) is -0.277. The maximum Gasteiger partial charge on any atom is 0.251 e. The highest BCUT2D eigenvalue weighted by molar-refractivity contribution is 6.35. The molecule has 23 heavy (non-hydrogen) atoms. The number of pyridine rings is 1. The number of carbonyl (C=O) groups excluding carboxylic acids is 1. The molecule has 1 amide bonds. The van der Waals surface area contributed by atoms with E-state index >= 15 is 0 Å². The van der Waals surface area contributed by atoms with Crippen molar-refractivity contribution in [2.45, 2.75) is 12.7 Å². The number of nitrogens with two attached hydrogens (primary N) is 2. The number of nitrogens with one attached hydrogen (secondary N) is 1. The predicted octanol–water partition coefficient (Wildman–Crippen LogP) is 0.224. The molecule has 9 heteroatoms. The second-order valence-electron chi connectivity index (χ2n) is 4.75. The summed E-state index contributed by atoms with van der Waals surface area (Å²) in [6.07, 6.45) is -0.0108. The number of guanidine groups is 1. The maximum atomic E-state index is 12.1. The number of aliphatic hydroxyl groups excluding tert-OH is 1. The van der Waals surface area contributed by atoms with Gasteiger partial charge < -0.3 is 27.0 Å². The van der Waals surface area contributed by atoms with Crippen molar-refractivity contribution in [1.82, 2.24) is 10.3 Å². The van der Waals surface area contributed by atoms with Crippen LogP contribution < -0.4 is 16.8 Å². The molecule has 0 bridgehead atoms. The van der Waals surface area contributed by atoms with Crippen LogP contribution in [0.1, 0.15) is 16.8 Å². The molecule has 0 spiro atoms. The number of benzene rings is 1. The van der Waals surface area contributed by atoms with Gasteiger partial charge in [0.25, 0.3) is 5.91 Å². The van der Waals surface area contributed by atoms with E-state index in [2.05, 4.69) is 15.3 Å². The molecule has 0 saturated carbocycles. The van der Waals surface area contributed by atoms with E-state index in [1.165, 1.54) is 6.20 Å². The molecule has 0 saturated heterocycles. The van der Waals surface area contributed by atoms with Gasteiger partial charge in [-0.3, -0.25) is 4.79 Å². The molecule has 0 radical (unpaired) electrons. The fraction of sp³-hybridized carbons (Fsp3) is 0.214. The number of rotatable bonds is 5. The second kappa shape index (κ2) is 7.23. The summed E-state index contributed by atoms with van der Waals surface area (Å²) in [7, 11) is 0. The molecule has 122 valence electrons. The van der Waals surface area contributed by atoms with Crippen LogP contribution in [0.15, 0.2) is 29.4 Å². The largest absolute Gasteiger partial charge is 0.370 e. The van der Waals surface area contributed by atoms with Crippen LogP contribution in [0.25, 0.3) is 10.8 Å². The summed E-state index contributed by atoms with van der Waals surface area (Å²) >= 11 is 6.09. The van der Waals surface area contributed by atoms with Gasteiger partial charge in [0.2, 0.25) is 0 Å². The van der Waals surface area contributed by atoms with Gasteiger partial charge in [0, 0.05) is 35.5 Å². The number of amides is 1. The van der Waals surface area contributed by atoms with Crippen molar-refractivity contribution < 1.29 is 15.0 Å². The first-order chi connectivity index (χ1) is 10.9. The maximum absolute atomic E-state index is 12.1. The van der Waals surface area contributed by atoms with Gasteiger partial charge in [0.1, 0.15) is 0 Å². The summed E-state index contributed by atoms with van der Waals surface area (Å²) in [6.45, 7) is 0.128. The molecule has 0 aliphatic rings. The van der Waals surface area contributed by atoms with E-state index in [4.69, 9.17) is 33.3 Å².